The number of phosphoric ester groups is 2. The lowest BCUT2D eigenvalue weighted by Gasteiger charge is -2.26. The van der Waals surface area contributed by atoms with E-state index in [2.05, 4.69) is 10.0 Å². The van der Waals surface area contributed by atoms with Crippen molar-refractivity contribution in [1.29, 1.82) is 0 Å². The minimum atomic E-state index is -5.27. The van der Waals surface area contributed by atoms with E-state index in [4.69, 9.17) is 14.1 Å². The molecule has 0 radical (unpaired) electrons. The number of amides is 1. The van der Waals surface area contributed by atoms with Crippen LogP contribution in [0.1, 0.15) is 68.3 Å². The molecule has 0 aromatic heterocycles. The number of nitrogens with one attached hydrogen (secondary N) is 1. The molecule has 0 unspecified atom stereocenters. The van der Waals surface area contributed by atoms with E-state index in [0.29, 0.717) is 32.4 Å². The van der Waals surface area contributed by atoms with Crippen molar-refractivity contribution in [2.45, 2.75) is 58.5 Å². The molecule has 1 fully saturated rings. The van der Waals surface area contributed by atoms with Crippen molar-refractivity contribution < 1.29 is 56.9 Å². The highest BCUT2D eigenvalue weighted by Crippen LogP contribution is 2.45. The average Bonchev–Trinajstić information content (AvgIpc) is 2.86. The van der Waals surface area contributed by atoms with Gasteiger partial charge in [0.25, 0.3) is 5.91 Å². The molecule has 2 aliphatic heterocycles. The lowest BCUT2D eigenvalue weighted by atomic mass is 10.0. The molecule has 1 saturated heterocycles. The van der Waals surface area contributed by atoms with E-state index in [1.54, 1.807) is 17.9 Å². The normalized spacial score (nSPS) is 21.5. The second kappa shape index (κ2) is 15.0. The van der Waals surface area contributed by atoms with Gasteiger partial charge in [-0.05, 0) is 69.7 Å². The Kier molecular flexibility index (Phi) is 12.0. The van der Waals surface area contributed by atoms with Gasteiger partial charge in [-0.25, -0.2) is 13.9 Å². The average molecular weight is 631 g/mol. The molecule has 14 nitrogen and oxygen atoms in total. The summed E-state index contributed by atoms with van der Waals surface area (Å²) >= 11 is 0. The number of hydrogen-bond donors (Lipinski definition) is 5. The first-order chi connectivity index (χ1) is 19.7. The number of rotatable bonds is 8. The molecule has 1 aromatic rings. The third kappa shape index (κ3) is 11.4. The zero-order valence-electron chi connectivity index (χ0n) is 23.3. The number of phosphoric acid groups is 2. The van der Waals surface area contributed by atoms with Crippen LogP contribution in [0.5, 0.6) is 11.5 Å². The fourth-order valence-electron chi connectivity index (χ4n) is 4.36. The van der Waals surface area contributed by atoms with Crippen LogP contribution in [-0.2, 0) is 23.5 Å². The van der Waals surface area contributed by atoms with Gasteiger partial charge in [0.1, 0.15) is 23.2 Å². The summed E-state index contributed by atoms with van der Waals surface area (Å²) in [5.41, 5.74) is 3.18. The van der Waals surface area contributed by atoms with Crippen LogP contribution in [0.3, 0.4) is 0 Å². The van der Waals surface area contributed by atoms with Gasteiger partial charge in [-0.1, -0.05) is 17.7 Å². The van der Waals surface area contributed by atoms with Crippen molar-refractivity contribution in [3.63, 3.8) is 0 Å². The number of likely N-dealkylation sites (tertiary alicyclic amines) is 1. The van der Waals surface area contributed by atoms with Crippen LogP contribution in [-0.4, -0.2) is 62.2 Å². The smallest absolute Gasteiger partial charge is 0.459 e. The van der Waals surface area contributed by atoms with E-state index >= 15 is 0 Å². The van der Waals surface area contributed by atoms with Gasteiger partial charge in [0, 0.05) is 25.6 Å². The van der Waals surface area contributed by atoms with Crippen LogP contribution >= 0.6 is 15.6 Å². The Labute approximate surface area is 243 Å². The number of ether oxygens (including phenoxy) is 1. The molecule has 0 saturated carbocycles. The van der Waals surface area contributed by atoms with Gasteiger partial charge in [0.15, 0.2) is 6.61 Å². The number of benzene rings is 1. The van der Waals surface area contributed by atoms with Gasteiger partial charge in [-0.3, -0.25) is 34.7 Å². The molecule has 3 rings (SSSR count). The maximum absolute atomic E-state index is 13.3. The van der Waals surface area contributed by atoms with Crippen molar-refractivity contribution in [2.24, 2.45) is 0 Å². The van der Waals surface area contributed by atoms with E-state index in [1.165, 1.54) is 6.08 Å². The third-order valence-electron chi connectivity index (χ3n) is 6.21. The predicted molar refractivity (Wildman–Crippen MR) is 151 cm³/mol. The fraction of sp³-hybridized carbons (Fsp3) is 0.462. The van der Waals surface area contributed by atoms with Crippen molar-refractivity contribution in [1.82, 2.24) is 10.4 Å². The van der Waals surface area contributed by atoms with Gasteiger partial charge >= 0.3 is 21.6 Å². The van der Waals surface area contributed by atoms with Crippen LogP contribution in [0.25, 0.3) is 6.08 Å². The van der Waals surface area contributed by atoms with Crippen molar-refractivity contribution in [2.75, 3.05) is 19.7 Å². The monoisotopic (exact) mass is 630 g/mol. The van der Waals surface area contributed by atoms with Crippen LogP contribution < -0.4 is 14.5 Å². The zero-order valence-corrected chi connectivity index (χ0v) is 25.1. The Morgan fingerprint density at radius 1 is 1.05 bits per heavy atom. The summed E-state index contributed by atoms with van der Waals surface area (Å²) in [5, 5.41) is 0. The molecule has 16 heteroatoms. The Morgan fingerprint density at radius 3 is 2.40 bits per heavy atom. The number of carbonyl (C=O) groups excluding carboxylic acids is 2. The van der Waals surface area contributed by atoms with Crippen LogP contribution in [0, 0.1) is 0 Å². The SMILES string of the molecule is C/C1=C\C(NOCC(=O)N2CCCCC2)=C\c2cc(OP(=O)(O)O)cc(OP(=O)(O)O)c2C(=O)O[C@H](C)CC=CCC1. The van der Waals surface area contributed by atoms with Crippen molar-refractivity contribution in [3.8, 4) is 11.5 Å². The van der Waals surface area contributed by atoms with Gasteiger partial charge in [-0.2, -0.15) is 0 Å². The van der Waals surface area contributed by atoms with Gasteiger partial charge < -0.3 is 18.7 Å². The zero-order chi connectivity index (χ0) is 30.9. The quantitative estimate of drug-likeness (QED) is 0.120. The third-order valence-corrected chi connectivity index (χ3v) is 7.09. The molecule has 2 heterocycles. The van der Waals surface area contributed by atoms with Crippen LogP contribution in [0.4, 0.5) is 0 Å². The summed E-state index contributed by atoms with van der Waals surface area (Å²) < 4.78 is 38.2. The lowest BCUT2D eigenvalue weighted by molar-refractivity contribution is -0.139. The van der Waals surface area contributed by atoms with E-state index in [9.17, 15) is 38.3 Å². The number of esters is 1. The highest BCUT2D eigenvalue weighted by atomic mass is 31.2. The summed E-state index contributed by atoms with van der Waals surface area (Å²) in [6.45, 7) is 4.45. The van der Waals surface area contributed by atoms with E-state index < -0.39 is 44.8 Å². The highest BCUT2D eigenvalue weighted by molar-refractivity contribution is 7.47. The molecule has 0 aliphatic carbocycles. The topological polar surface area (TPSA) is 201 Å². The number of carbonyl (C=O) groups is 2. The first kappa shape index (κ1) is 33.5. The van der Waals surface area contributed by atoms with Crippen LogP contribution in [0.2, 0.25) is 0 Å². The highest BCUT2D eigenvalue weighted by Gasteiger charge is 2.29. The second-order valence-corrected chi connectivity index (χ2v) is 12.3. The minimum Gasteiger partial charge on any atom is -0.459 e. The summed E-state index contributed by atoms with van der Waals surface area (Å²) in [6, 6.07) is 1.84. The number of hydroxylamine groups is 1. The van der Waals surface area contributed by atoms with Crippen molar-refractivity contribution in [3.05, 3.63) is 52.8 Å². The molecular formula is C26H36N2O12P2. The summed E-state index contributed by atoms with van der Waals surface area (Å²) in [7, 11) is -10.4. The predicted octanol–water partition coefficient (Wildman–Crippen LogP) is 3.74. The Hall–Kier alpha value is -2.96. The molecule has 232 valence electrons. The number of allylic oxidation sites excluding steroid dienone is 3. The van der Waals surface area contributed by atoms with Gasteiger partial charge in [0.2, 0.25) is 0 Å². The van der Waals surface area contributed by atoms with Crippen LogP contribution in [0.15, 0.2) is 41.6 Å². The Balaban J connectivity index is 2.10. The number of cyclic esters (lactones) is 1. The molecular weight excluding hydrogens is 594 g/mol. The number of fused-ring (bicyclic) bond motifs is 1. The molecule has 42 heavy (non-hydrogen) atoms. The van der Waals surface area contributed by atoms with E-state index in [1.807, 2.05) is 19.1 Å². The molecule has 0 spiro atoms. The van der Waals surface area contributed by atoms with E-state index in [0.717, 1.165) is 37.0 Å². The summed E-state index contributed by atoms with van der Waals surface area (Å²) in [6.07, 6.45) is 10.7. The summed E-state index contributed by atoms with van der Waals surface area (Å²) in [5.74, 6) is -2.52. The van der Waals surface area contributed by atoms with Crippen molar-refractivity contribution >= 4 is 33.6 Å². The fourth-order valence-corrected chi connectivity index (χ4v) is 5.14. The standard InChI is InChI=1S/C26H36N2O12P2/c1-18-9-5-3-6-10-19(2)38-26(30)25-20(15-22(39-41(31,32)33)16-23(25)40-42(34,35)36)14-21(13-18)27-37-17-24(29)28-11-7-4-8-12-28/h3,6,13-16,19,27H,4-5,7-12,17H2,1-2H3,(H2,31,32,33)(H2,34,35,36)/b6-3?,18-13+,21-14-/t19-/m1/s1. The molecule has 5 N–H and O–H groups in total. The first-order valence-electron chi connectivity index (χ1n) is 13.3. The Bertz CT molecular complexity index is 1320. The van der Waals surface area contributed by atoms with Gasteiger partial charge in [0.05, 0.1) is 5.70 Å². The Morgan fingerprint density at radius 2 is 1.74 bits per heavy atom. The molecule has 2 aliphatic rings. The second-order valence-electron chi connectivity index (χ2n) is 9.93. The number of nitrogens with zero attached hydrogens (tertiary/aromatic N) is 1. The largest absolute Gasteiger partial charge is 0.524 e. The maximum Gasteiger partial charge on any atom is 0.524 e. The number of piperidine rings is 1. The number of hydrogen-bond acceptors (Lipinski definition) is 9. The maximum atomic E-state index is 13.3. The minimum absolute atomic E-state index is 0.133. The lowest BCUT2D eigenvalue weighted by Crippen LogP contribution is -2.39. The summed E-state index contributed by atoms with van der Waals surface area (Å²) in [4.78, 5) is 70.8. The molecule has 1 atom stereocenters. The molecule has 1 amide bonds. The van der Waals surface area contributed by atoms with Gasteiger partial charge in [-0.15, -0.1) is 0 Å². The molecule has 0 bridgehead atoms. The first-order valence-corrected chi connectivity index (χ1v) is 16.3. The van der Waals surface area contributed by atoms with E-state index in [-0.39, 0.29) is 23.8 Å². The molecule has 1 aromatic carbocycles.